The zero-order chi connectivity index (χ0) is 10.4. The van der Waals surface area contributed by atoms with E-state index in [0.717, 1.165) is 12.7 Å². The first-order valence-corrected chi connectivity index (χ1v) is 4.91. The molecule has 1 aromatic rings. The molecular formula is C12H16O2. The lowest BCUT2D eigenvalue weighted by atomic mass is 9.99. The summed E-state index contributed by atoms with van der Waals surface area (Å²) in [5.41, 5.74) is 1.20. The van der Waals surface area contributed by atoms with Crippen LogP contribution in [0.5, 0.6) is 0 Å². The van der Waals surface area contributed by atoms with Crippen LogP contribution >= 0.6 is 0 Å². The average molecular weight is 192 g/mol. The highest BCUT2D eigenvalue weighted by atomic mass is 16.3. The number of hydrogen-bond donors (Lipinski definition) is 1. The van der Waals surface area contributed by atoms with Gasteiger partial charge in [-0.3, -0.25) is 0 Å². The van der Waals surface area contributed by atoms with Crippen molar-refractivity contribution >= 4 is 6.29 Å². The molecule has 1 N–H and O–H groups in total. The predicted octanol–water partition coefficient (Wildman–Crippen LogP) is 1.82. The van der Waals surface area contributed by atoms with Crippen LogP contribution in [0.1, 0.15) is 18.9 Å². The highest BCUT2D eigenvalue weighted by Crippen LogP contribution is 2.09. The number of aliphatic hydroxyl groups excluding tert-OH is 1. The molecule has 2 heteroatoms. The summed E-state index contributed by atoms with van der Waals surface area (Å²) in [4.78, 5) is 10.4. The third kappa shape index (κ3) is 3.30. The van der Waals surface area contributed by atoms with Gasteiger partial charge in [0.05, 0.1) is 6.10 Å². The van der Waals surface area contributed by atoms with Crippen molar-refractivity contribution in [3.63, 3.8) is 0 Å². The molecule has 0 bridgehead atoms. The second-order valence-electron chi connectivity index (χ2n) is 3.59. The molecular weight excluding hydrogens is 176 g/mol. The van der Waals surface area contributed by atoms with Crippen LogP contribution in [0.4, 0.5) is 0 Å². The zero-order valence-corrected chi connectivity index (χ0v) is 8.39. The maximum atomic E-state index is 10.4. The zero-order valence-electron chi connectivity index (χ0n) is 8.39. The second kappa shape index (κ2) is 5.55. The number of aliphatic hydroxyl groups is 1. The van der Waals surface area contributed by atoms with Crippen LogP contribution in [0.15, 0.2) is 30.3 Å². The Hall–Kier alpha value is -1.15. The molecule has 0 saturated heterocycles. The Morgan fingerprint density at radius 1 is 1.36 bits per heavy atom. The van der Waals surface area contributed by atoms with Crippen molar-refractivity contribution in [2.24, 2.45) is 5.92 Å². The van der Waals surface area contributed by atoms with E-state index in [-0.39, 0.29) is 5.92 Å². The van der Waals surface area contributed by atoms with Crippen LogP contribution < -0.4 is 0 Å². The molecule has 0 unspecified atom stereocenters. The van der Waals surface area contributed by atoms with Gasteiger partial charge in [0.2, 0.25) is 0 Å². The summed E-state index contributed by atoms with van der Waals surface area (Å²) in [6.45, 7) is 1.74. The molecule has 76 valence electrons. The monoisotopic (exact) mass is 192 g/mol. The summed E-state index contributed by atoms with van der Waals surface area (Å²) in [5.74, 6) is -0.265. The highest BCUT2D eigenvalue weighted by molar-refractivity contribution is 5.53. The first-order chi connectivity index (χ1) is 6.74. The van der Waals surface area contributed by atoms with E-state index in [2.05, 4.69) is 0 Å². The summed E-state index contributed by atoms with van der Waals surface area (Å²) in [7, 11) is 0. The summed E-state index contributed by atoms with van der Waals surface area (Å²) < 4.78 is 0. The van der Waals surface area contributed by atoms with Crippen LogP contribution in [0.3, 0.4) is 0 Å². The average Bonchev–Trinajstić information content (AvgIpc) is 2.26. The Morgan fingerprint density at radius 3 is 2.57 bits per heavy atom. The van der Waals surface area contributed by atoms with Crippen molar-refractivity contribution in [3.8, 4) is 0 Å². The largest absolute Gasteiger partial charge is 0.392 e. The Kier molecular flexibility index (Phi) is 4.33. The molecule has 0 radical (unpaired) electrons. The van der Waals surface area contributed by atoms with Crippen LogP contribution in [0, 0.1) is 5.92 Å². The van der Waals surface area contributed by atoms with E-state index in [4.69, 9.17) is 0 Å². The van der Waals surface area contributed by atoms with Gasteiger partial charge in [-0.05, 0) is 18.4 Å². The van der Waals surface area contributed by atoms with E-state index in [9.17, 15) is 9.90 Å². The minimum absolute atomic E-state index is 0.265. The highest BCUT2D eigenvalue weighted by Gasteiger charge is 2.12. The molecule has 14 heavy (non-hydrogen) atoms. The van der Waals surface area contributed by atoms with Crippen molar-refractivity contribution < 1.29 is 9.90 Å². The molecule has 2 atom stereocenters. The van der Waals surface area contributed by atoms with Gasteiger partial charge >= 0.3 is 0 Å². The summed E-state index contributed by atoms with van der Waals surface area (Å²) in [5, 5.41) is 9.55. The van der Waals surface area contributed by atoms with E-state index in [1.165, 1.54) is 5.56 Å². The molecule has 0 aromatic heterocycles. The number of carbonyl (C=O) groups is 1. The smallest absolute Gasteiger partial charge is 0.125 e. The van der Waals surface area contributed by atoms with Crippen LogP contribution in [0.25, 0.3) is 0 Å². The number of benzene rings is 1. The molecule has 0 fully saturated rings. The summed E-state index contributed by atoms with van der Waals surface area (Å²) >= 11 is 0. The fourth-order valence-electron chi connectivity index (χ4n) is 1.31. The predicted molar refractivity (Wildman–Crippen MR) is 56.0 cm³/mol. The minimum Gasteiger partial charge on any atom is -0.392 e. The van der Waals surface area contributed by atoms with Crippen molar-refractivity contribution in [2.75, 3.05) is 0 Å². The first kappa shape index (κ1) is 10.9. The molecule has 0 aliphatic heterocycles. The lowest BCUT2D eigenvalue weighted by Crippen LogP contribution is -2.19. The van der Waals surface area contributed by atoms with Crippen molar-refractivity contribution in [1.82, 2.24) is 0 Å². The minimum atomic E-state index is -0.521. The molecule has 0 heterocycles. The number of aryl methyl sites for hydroxylation is 1. The van der Waals surface area contributed by atoms with Gasteiger partial charge in [-0.15, -0.1) is 0 Å². The quantitative estimate of drug-likeness (QED) is 0.722. The molecule has 1 aromatic carbocycles. The number of carbonyl (C=O) groups excluding carboxylic acids is 1. The lowest BCUT2D eigenvalue weighted by molar-refractivity contribution is -0.113. The molecule has 2 nitrogen and oxygen atoms in total. The second-order valence-corrected chi connectivity index (χ2v) is 3.59. The molecule has 0 amide bonds. The molecule has 0 aliphatic carbocycles. The topological polar surface area (TPSA) is 37.3 Å². The molecule has 0 spiro atoms. The normalized spacial score (nSPS) is 14.7. The van der Waals surface area contributed by atoms with Gasteiger partial charge in [-0.2, -0.15) is 0 Å². The lowest BCUT2D eigenvalue weighted by Gasteiger charge is -2.12. The van der Waals surface area contributed by atoms with Gasteiger partial charge in [-0.25, -0.2) is 0 Å². The maximum Gasteiger partial charge on any atom is 0.125 e. The van der Waals surface area contributed by atoms with Gasteiger partial charge in [0.1, 0.15) is 6.29 Å². The van der Waals surface area contributed by atoms with Gasteiger partial charge in [0.15, 0.2) is 0 Å². The van der Waals surface area contributed by atoms with Crippen LogP contribution in [-0.4, -0.2) is 17.5 Å². The Balaban J connectivity index is 2.37. The van der Waals surface area contributed by atoms with Gasteiger partial charge in [-0.1, -0.05) is 37.3 Å². The van der Waals surface area contributed by atoms with E-state index in [0.29, 0.717) is 6.42 Å². The third-order valence-corrected chi connectivity index (χ3v) is 2.39. The standard InChI is InChI=1S/C12H16O2/c1-10(9-13)12(14)8-7-11-5-3-2-4-6-11/h2-6,9-10,12,14H,7-8H2,1H3/t10-,12-/m1/s1. The SMILES string of the molecule is C[C@H](C=O)[C@H](O)CCc1ccccc1. The van der Waals surface area contributed by atoms with Gasteiger partial charge < -0.3 is 9.90 Å². The number of hydrogen-bond acceptors (Lipinski definition) is 2. The van der Waals surface area contributed by atoms with Crippen molar-refractivity contribution in [2.45, 2.75) is 25.9 Å². The van der Waals surface area contributed by atoms with Gasteiger partial charge in [0.25, 0.3) is 0 Å². The van der Waals surface area contributed by atoms with Crippen LogP contribution in [-0.2, 0) is 11.2 Å². The molecule has 0 aliphatic rings. The fourth-order valence-corrected chi connectivity index (χ4v) is 1.31. The Morgan fingerprint density at radius 2 is 2.00 bits per heavy atom. The summed E-state index contributed by atoms with van der Waals surface area (Å²) in [6.07, 6.45) is 1.74. The molecule has 0 saturated carbocycles. The van der Waals surface area contributed by atoms with E-state index < -0.39 is 6.10 Å². The van der Waals surface area contributed by atoms with E-state index >= 15 is 0 Å². The summed E-state index contributed by atoms with van der Waals surface area (Å²) in [6, 6.07) is 9.97. The van der Waals surface area contributed by atoms with Crippen LogP contribution in [0.2, 0.25) is 0 Å². The third-order valence-electron chi connectivity index (χ3n) is 2.39. The number of rotatable bonds is 5. The Bertz CT molecular complexity index is 269. The maximum absolute atomic E-state index is 10.4. The molecule has 1 rings (SSSR count). The van der Waals surface area contributed by atoms with Crippen molar-refractivity contribution in [1.29, 1.82) is 0 Å². The van der Waals surface area contributed by atoms with Gasteiger partial charge in [0, 0.05) is 5.92 Å². The Labute approximate surface area is 84.6 Å². The van der Waals surface area contributed by atoms with E-state index in [1.807, 2.05) is 30.3 Å². The van der Waals surface area contributed by atoms with E-state index in [1.54, 1.807) is 6.92 Å². The first-order valence-electron chi connectivity index (χ1n) is 4.91. The number of aldehydes is 1. The fraction of sp³-hybridized carbons (Fsp3) is 0.417. The van der Waals surface area contributed by atoms with Crippen molar-refractivity contribution in [3.05, 3.63) is 35.9 Å².